The van der Waals surface area contributed by atoms with Crippen molar-refractivity contribution >= 4 is 11.6 Å². The molecule has 4 heteroatoms. The zero-order valence-electron chi connectivity index (χ0n) is 13.1. The number of likely N-dealkylation sites (tertiary alicyclic amines) is 1. The normalized spacial score (nSPS) is 18.7. The first-order valence-electron chi connectivity index (χ1n) is 8.02. The number of benzene rings is 1. The van der Waals surface area contributed by atoms with Gasteiger partial charge < -0.3 is 10.5 Å². The second-order valence-corrected chi connectivity index (χ2v) is 6.44. The van der Waals surface area contributed by atoms with Crippen LogP contribution in [0.5, 0.6) is 5.75 Å². The Labute approximate surface area is 133 Å². The SMILES string of the molecule is CCCOc1ccc(Cl)cc1C(CN)N1CCC(C)CC1. The summed E-state index contributed by atoms with van der Waals surface area (Å²) >= 11 is 6.20. The van der Waals surface area contributed by atoms with Gasteiger partial charge >= 0.3 is 0 Å². The largest absolute Gasteiger partial charge is 0.493 e. The Morgan fingerprint density at radius 2 is 2.10 bits per heavy atom. The lowest BCUT2D eigenvalue weighted by Gasteiger charge is -2.37. The maximum Gasteiger partial charge on any atom is 0.124 e. The van der Waals surface area contributed by atoms with Crippen LogP contribution in [0.3, 0.4) is 0 Å². The molecule has 0 spiro atoms. The Balaban J connectivity index is 2.21. The highest BCUT2D eigenvalue weighted by Crippen LogP contribution is 2.33. The van der Waals surface area contributed by atoms with E-state index in [9.17, 15) is 0 Å². The van der Waals surface area contributed by atoms with Crippen LogP contribution in [0, 0.1) is 5.92 Å². The lowest BCUT2D eigenvalue weighted by Crippen LogP contribution is -2.39. The number of piperidine rings is 1. The molecule has 0 aromatic heterocycles. The molecule has 1 heterocycles. The first kappa shape index (κ1) is 16.6. The highest BCUT2D eigenvalue weighted by Gasteiger charge is 2.26. The van der Waals surface area contributed by atoms with Crippen LogP contribution in [-0.4, -0.2) is 31.1 Å². The predicted octanol–water partition coefficient (Wildman–Crippen LogP) is 3.86. The molecule has 0 saturated carbocycles. The minimum atomic E-state index is 0.197. The molecule has 0 amide bonds. The second kappa shape index (κ2) is 8.02. The highest BCUT2D eigenvalue weighted by atomic mass is 35.5. The average Bonchev–Trinajstić information content (AvgIpc) is 2.49. The van der Waals surface area contributed by atoms with Crippen LogP contribution in [0.1, 0.15) is 44.7 Å². The van der Waals surface area contributed by atoms with Gasteiger partial charge in [-0.2, -0.15) is 0 Å². The number of nitrogens with zero attached hydrogens (tertiary/aromatic N) is 1. The zero-order chi connectivity index (χ0) is 15.2. The molecular formula is C17H27ClN2O. The van der Waals surface area contributed by atoms with E-state index >= 15 is 0 Å². The molecule has 1 aromatic rings. The third kappa shape index (κ3) is 4.35. The van der Waals surface area contributed by atoms with Gasteiger partial charge in [0.05, 0.1) is 12.6 Å². The van der Waals surface area contributed by atoms with E-state index in [2.05, 4.69) is 18.7 Å². The molecule has 1 aliphatic rings. The fourth-order valence-electron chi connectivity index (χ4n) is 2.94. The van der Waals surface area contributed by atoms with Crippen LogP contribution in [0.25, 0.3) is 0 Å². The molecule has 1 saturated heterocycles. The van der Waals surface area contributed by atoms with Crippen LogP contribution >= 0.6 is 11.6 Å². The van der Waals surface area contributed by atoms with Crippen LogP contribution < -0.4 is 10.5 Å². The first-order chi connectivity index (χ1) is 10.2. The Hall–Kier alpha value is -0.770. The van der Waals surface area contributed by atoms with Crippen LogP contribution in [0.4, 0.5) is 0 Å². The smallest absolute Gasteiger partial charge is 0.124 e. The summed E-state index contributed by atoms with van der Waals surface area (Å²) in [7, 11) is 0. The topological polar surface area (TPSA) is 38.5 Å². The summed E-state index contributed by atoms with van der Waals surface area (Å²) in [4.78, 5) is 2.48. The summed E-state index contributed by atoms with van der Waals surface area (Å²) in [6, 6.07) is 6.08. The molecule has 1 aliphatic heterocycles. The minimum Gasteiger partial charge on any atom is -0.493 e. The van der Waals surface area contributed by atoms with E-state index in [0.717, 1.165) is 48.4 Å². The standard InChI is InChI=1S/C17H27ClN2O/c1-3-10-21-17-5-4-14(18)11-15(17)16(12-19)20-8-6-13(2)7-9-20/h4-5,11,13,16H,3,6-10,12,19H2,1-2H3. The monoisotopic (exact) mass is 310 g/mol. The summed E-state index contributed by atoms with van der Waals surface area (Å²) in [6.07, 6.45) is 3.47. The molecular weight excluding hydrogens is 284 g/mol. The van der Waals surface area contributed by atoms with E-state index in [-0.39, 0.29) is 6.04 Å². The summed E-state index contributed by atoms with van der Waals surface area (Å²) in [5, 5.41) is 0.748. The van der Waals surface area contributed by atoms with Crippen LogP contribution in [0.2, 0.25) is 5.02 Å². The van der Waals surface area contributed by atoms with E-state index in [1.165, 1.54) is 12.8 Å². The van der Waals surface area contributed by atoms with E-state index in [0.29, 0.717) is 6.54 Å². The average molecular weight is 311 g/mol. The number of halogens is 1. The van der Waals surface area contributed by atoms with Crippen molar-refractivity contribution in [3.8, 4) is 5.75 Å². The number of rotatable bonds is 6. The summed E-state index contributed by atoms with van der Waals surface area (Å²) in [5.41, 5.74) is 7.21. The van der Waals surface area contributed by atoms with Crippen molar-refractivity contribution in [2.75, 3.05) is 26.2 Å². The highest BCUT2D eigenvalue weighted by molar-refractivity contribution is 6.30. The Bertz CT molecular complexity index is 444. The Kier molecular flexibility index (Phi) is 6.34. The van der Waals surface area contributed by atoms with E-state index in [1.807, 2.05) is 18.2 Å². The molecule has 0 radical (unpaired) electrons. The van der Waals surface area contributed by atoms with Crippen LogP contribution in [-0.2, 0) is 0 Å². The second-order valence-electron chi connectivity index (χ2n) is 6.00. The third-order valence-corrected chi connectivity index (χ3v) is 4.51. The molecule has 2 N–H and O–H groups in total. The molecule has 118 valence electrons. The van der Waals surface area contributed by atoms with Crippen molar-refractivity contribution in [1.29, 1.82) is 0 Å². The maximum atomic E-state index is 6.20. The van der Waals surface area contributed by atoms with Gasteiger partial charge in [0.15, 0.2) is 0 Å². The number of hydrogen-bond acceptors (Lipinski definition) is 3. The zero-order valence-corrected chi connectivity index (χ0v) is 13.9. The molecule has 1 atom stereocenters. The molecule has 1 fully saturated rings. The van der Waals surface area contributed by atoms with Crippen molar-refractivity contribution in [1.82, 2.24) is 4.90 Å². The lowest BCUT2D eigenvalue weighted by atomic mass is 9.95. The van der Waals surface area contributed by atoms with Gasteiger partial charge in [0, 0.05) is 17.1 Å². The fourth-order valence-corrected chi connectivity index (χ4v) is 3.12. The number of hydrogen-bond donors (Lipinski definition) is 1. The fraction of sp³-hybridized carbons (Fsp3) is 0.647. The molecule has 2 rings (SSSR count). The van der Waals surface area contributed by atoms with Crippen LogP contribution in [0.15, 0.2) is 18.2 Å². The van der Waals surface area contributed by atoms with Gasteiger partial charge in [0.25, 0.3) is 0 Å². The van der Waals surface area contributed by atoms with Gasteiger partial charge in [-0.3, -0.25) is 4.90 Å². The summed E-state index contributed by atoms with van der Waals surface area (Å²) < 4.78 is 5.90. The maximum absolute atomic E-state index is 6.20. The van der Waals surface area contributed by atoms with Gasteiger partial charge in [-0.05, 0) is 56.5 Å². The van der Waals surface area contributed by atoms with Crippen molar-refractivity contribution in [3.05, 3.63) is 28.8 Å². The van der Waals surface area contributed by atoms with Crippen molar-refractivity contribution < 1.29 is 4.74 Å². The van der Waals surface area contributed by atoms with E-state index < -0.39 is 0 Å². The van der Waals surface area contributed by atoms with Crippen molar-refractivity contribution in [2.45, 2.75) is 39.2 Å². The molecule has 0 bridgehead atoms. The molecule has 3 nitrogen and oxygen atoms in total. The predicted molar refractivity (Wildman–Crippen MR) is 89.0 cm³/mol. The summed E-state index contributed by atoms with van der Waals surface area (Å²) in [6.45, 7) is 7.96. The molecule has 0 aliphatic carbocycles. The summed E-state index contributed by atoms with van der Waals surface area (Å²) in [5.74, 6) is 1.74. The van der Waals surface area contributed by atoms with Crippen molar-refractivity contribution in [2.24, 2.45) is 11.7 Å². The van der Waals surface area contributed by atoms with Gasteiger partial charge in [0.2, 0.25) is 0 Å². The molecule has 21 heavy (non-hydrogen) atoms. The Morgan fingerprint density at radius 3 is 2.71 bits per heavy atom. The number of ether oxygens (including phenoxy) is 1. The lowest BCUT2D eigenvalue weighted by molar-refractivity contribution is 0.138. The van der Waals surface area contributed by atoms with Gasteiger partial charge in [-0.1, -0.05) is 25.4 Å². The minimum absolute atomic E-state index is 0.197. The van der Waals surface area contributed by atoms with E-state index in [4.69, 9.17) is 22.1 Å². The van der Waals surface area contributed by atoms with Gasteiger partial charge in [0.1, 0.15) is 5.75 Å². The Morgan fingerprint density at radius 1 is 1.38 bits per heavy atom. The number of nitrogens with two attached hydrogens (primary N) is 1. The van der Waals surface area contributed by atoms with Gasteiger partial charge in [-0.25, -0.2) is 0 Å². The van der Waals surface area contributed by atoms with Crippen molar-refractivity contribution in [3.63, 3.8) is 0 Å². The molecule has 1 unspecified atom stereocenters. The first-order valence-corrected chi connectivity index (χ1v) is 8.39. The van der Waals surface area contributed by atoms with E-state index in [1.54, 1.807) is 0 Å². The third-order valence-electron chi connectivity index (χ3n) is 4.27. The van der Waals surface area contributed by atoms with Gasteiger partial charge in [-0.15, -0.1) is 0 Å². The molecule has 1 aromatic carbocycles. The quantitative estimate of drug-likeness (QED) is 0.867.